The van der Waals surface area contributed by atoms with Crippen LogP contribution in [0.15, 0.2) is 24.3 Å². The molecule has 0 bridgehead atoms. The number of unbranched alkanes of at least 4 members (excludes halogenated alkanes) is 2. The zero-order chi connectivity index (χ0) is 10.4. The van der Waals surface area contributed by atoms with Crippen molar-refractivity contribution in [3.8, 4) is 0 Å². The molecule has 1 rings (SSSR count). The van der Waals surface area contributed by atoms with Crippen LogP contribution >= 0.6 is 27.5 Å². The molecule has 0 aliphatic heterocycles. The van der Waals surface area contributed by atoms with E-state index in [0.717, 1.165) is 5.02 Å². The van der Waals surface area contributed by atoms with Crippen LogP contribution in [0.3, 0.4) is 0 Å². The Kier molecular flexibility index (Phi) is 5.57. The van der Waals surface area contributed by atoms with Gasteiger partial charge in [0.25, 0.3) is 0 Å². The van der Waals surface area contributed by atoms with E-state index in [9.17, 15) is 0 Å². The van der Waals surface area contributed by atoms with Gasteiger partial charge in [0.1, 0.15) is 0 Å². The van der Waals surface area contributed by atoms with Gasteiger partial charge < -0.3 is 0 Å². The van der Waals surface area contributed by atoms with Gasteiger partial charge in [0, 0.05) is 9.85 Å². The van der Waals surface area contributed by atoms with Crippen molar-refractivity contribution < 1.29 is 0 Å². The highest BCUT2D eigenvalue weighted by Crippen LogP contribution is 2.29. The Hall–Kier alpha value is -0.0100. The molecule has 0 aliphatic rings. The molecule has 0 spiro atoms. The number of rotatable bonds is 5. The predicted molar refractivity (Wildman–Crippen MR) is 67.3 cm³/mol. The first-order chi connectivity index (χ1) is 6.74. The number of alkyl halides is 1. The summed E-state index contributed by atoms with van der Waals surface area (Å²) < 4.78 is 0. The number of halogens is 2. The van der Waals surface area contributed by atoms with Gasteiger partial charge in [0.2, 0.25) is 0 Å². The van der Waals surface area contributed by atoms with Crippen LogP contribution in [0.4, 0.5) is 0 Å². The third-order valence-corrected chi connectivity index (χ3v) is 3.53. The van der Waals surface area contributed by atoms with Crippen molar-refractivity contribution in [3.05, 3.63) is 34.9 Å². The van der Waals surface area contributed by atoms with Crippen molar-refractivity contribution in [2.75, 3.05) is 0 Å². The van der Waals surface area contributed by atoms with Crippen molar-refractivity contribution in [1.29, 1.82) is 0 Å². The van der Waals surface area contributed by atoms with Gasteiger partial charge in [-0.05, 0) is 24.1 Å². The summed E-state index contributed by atoms with van der Waals surface area (Å²) in [5.74, 6) is 0. The molecule has 0 amide bonds. The fraction of sp³-hybridized carbons (Fsp3) is 0.500. The van der Waals surface area contributed by atoms with Crippen molar-refractivity contribution in [1.82, 2.24) is 0 Å². The number of hydrogen-bond acceptors (Lipinski definition) is 0. The average Bonchev–Trinajstić information content (AvgIpc) is 2.19. The predicted octanol–water partition coefficient (Wildman–Crippen LogP) is 5.36. The van der Waals surface area contributed by atoms with Crippen LogP contribution in [0, 0.1) is 0 Å². The summed E-state index contributed by atoms with van der Waals surface area (Å²) in [5.41, 5.74) is 1.32. The maximum absolute atomic E-state index is 5.83. The Balaban J connectivity index is 2.43. The van der Waals surface area contributed by atoms with Gasteiger partial charge in [-0.3, -0.25) is 0 Å². The van der Waals surface area contributed by atoms with Crippen molar-refractivity contribution in [2.45, 2.75) is 37.4 Å². The van der Waals surface area contributed by atoms with E-state index in [-0.39, 0.29) is 0 Å². The molecular weight excluding hydrogens is 259 g/mol. The average molecular weight is 276 g/mol. The van der Waals surface area contributed by atoms with E-state index in [4.69, 9.17) is 11.6 Å². The van der Waals surface area contributed by atoms with Gasteiger partial charge in [0.15, 0.2) is 0 Å². The lowest BCUT2D eigenvalue weighted by Gasteiger charge is -2.09. The highest BCUT2D eigenvalue weighted by Gasteiger charge is 2.05. The molecule has 1 unspecified atom stereocenters. The Labute approximate surface area is 99.8 Å². The molecule has 0 heterocycles. The van der Waals surface area contributed by atoms with Crippen LogP contribution in [0.5, 0.6) is 0 Å². The maximum Gasteiger partial charge on any atom is 0.0406 e. The molecule has 2 heteroatoms. The molecule has 0 aromatic heterocycles. The number of hydrogen-bond donors (Lipinski definition) is 0. The second kappa shape index (κ2) is 6.47. The minimum Gasteiger partial charge on any atom is -0.0843 e. The third kappa shape index (κ3) is 4.02. The van der Waals surface area contributed by atoms with Crippen LogP contribution in [-0.2, 0) is 0 Å². The summed E-state index contributed by atoms with van der Waals surface area (Å²) in [7, 11) is 0. The van der Waals surface area contributed by atoms with Gasteiger partial charge in [0.05, 0.1) is 0 Å². The highest BCUT2D eigenvalue weighted by atomic mass is 79.9. The van der Waals surface area contributed by atoms with Crippen LogP contribution in [0.25, 0.3) is 0 Å². The first-order valence-corrected chi connectivity index (χ1v) is 6.43. The fourth-order valence-electron chi connectivity index (χ4n) is 1.41. The molecule has 1 atom stereocenters. The second-order valence-corrected chi connectivity index (χ2v) is 5.06. The Morgan fingerprint density at radius 3 is 2.43 bits per heavy atom. The standard InChI is InChI=1S/C12H16BrCl/c1-2-3-4-5-12(13)10-6-8-11(14)9-7-10/h6-9,12H,2-5H2,1H3. The van der Waals surface area contributed by atoms with E-state index < -0.39 is 0 Å². The summed E-state index contributed by atoms with van der Waals surface area (Å²) in [6.07, 6.45) is 5.08. The normalized spacial score (nSPS) is 12.8. The van der Waals surface area contributed by atoms with Crippen LogP contribution < -0.4 is 0 Å². The topological polar surface area (TPSA) is 0 Å². The molecule has 0 aliphatic carbocycles. The van der Waals surface area contributed by atoms with E-state index in [1.54, 1.807) is 0 Å². The van der Waals surface area contributed by atoms with E-state index in [2.05, 4.69) is 35.0 Å². The minimum absolute atomic E-state index is 0.478. The lowest BCUT2D eigenvalue weighted by Crippen LogP contribution is -1.89. The largest absolute Gasteiger partial charge is 0.0843 e. The highest BCUT2D eigenvalue weighted by molar-refractivity contribution is 9.09. The fourth-order valence-corrected chi connectivity index (χ4v) is 2.17. The summed E-state index contributed by atoms with van der Waals surface area (Å²) in [4.78, 5) is 0.478. The lowest BCUT2D eigenvalue weighted by atomic mass is 10.1. The Bertz CT molecular complexity index is 256. The van der Waals surface area contributed by atoms with E-state index in [1.807, 2.05) is 12.1 Å². The SMILES string of the molecule is CCCCCC(Br)c1ccc(Cl)cc1. The molecule has 78 valence electrons. The smallest absolute Gasteiger partial charge is 0.0406 e. The monoisotopic (exact) mass is 274 g/mol. The molecule has 1 aromatic carbocycles. The van der Waals surface area contributed by atoms with Crippen molar-refractivity contribution in [2.24, 2.45) is 0 Å². The van der Waals surface area contributed by atoms with Crippen molar-refractivity contribution >= 4 is 27.5 Å². The lowest BCUT2D eigenvalue weighted by molar-refractivity contribution is 0.664. The summed E-state index contributed by atoms with van der Waals surface area (Å²) >= 11 is 9.53. The van der Waals surface area contributed by atoms with Gasteiger partial charge in [-0.25, -0.2) is 0 Å². The van der Waals surface area contributed by atoms with Crippen LogP contribution in [-0.4, -0.2) is 0 Å². The molecule has 0 saturated heterocycles. The molecule has 0 N–H and O–H groups in total. The minimum atomic E-state index is 0.478. The third-order valence-electron chi connectivity index (χ3n) is 2.29. The summed E-state index contributed by atoms with van der Waals surface area (Å²) in [6.45, 7) is 2.23. The molecule has 0 nitrogen and oxygen atoms in total. The summed E-state index contributed by atoms with van der Waals surface area (Å²) in [5, 5.41) is 0.807. The quantitative estimate of drug-likeness (QED) is 0.501. The van der Waals surface area contributed by atoms with Crippen LogP contribution in [0.2, 0.25) is 5.02 Å². The Morgan fingerprint density at radius 2 is 1.86 bits per heavy atom. The van der Waals surface area contributed by atoms with E-state index >= 15 is 0 Å². The second-order valence-electron chi connectivity index (χ2n) is 3.51. The van der Waals surface area contributed by atoms with Crippen LogP contribution in [0.1, 0.15) is 43.0 Å². The molecular formula is C12H16BrCl. The Morgan fingerprint density at radius 1 is 1.21 bits per heavy atom. The number of benzene rings is 1. The summed E-state index contributed by atoms with van der Waals surface area (Å²) in [6, 6.07) is 8.08. The zero-order valence-electron chi connectivity index (χ0n) is 8.47. The molecule has 0 fully saturated rings. The molecule has 14 heavy (non-hydrogen) atoms. The van der Waals surface area contributed by atoms with Gasteiger partial charge in [-0.1, -0.05) is 65.8 Å². The first kappa shape index (κ1) is 12.1. The van der Waals surface area contributed by atoms with Gasteiger partial charge >= 0.3 is 0 Å². The first-order valence-electron chi connectivity index (χ1n) is 5.13. The van der Waals surface area contributed by atoms with E-state index in [0.29, 0.717) is 4.83 Å². The molecule has 1 aromatic rings. The van der Waals surface area contributed by atoms with E-state index in [1.165, 1.54) is 31.2 Å². The van der Waals surface area contributed by atoms with Crippen molar-refractivity contribution in [3.63, 3.8) is 0 Å². The molecule has 0 saturated carbocycles. The van der Waals surface area contributed by atoms with Gasteiger partial charge in [-0.15, -0.1) is 0 Å². The molecule has 0 radical (unpaired) electrons. The zero-order valence-corrected chi connectivity index (χ0v) is 10.8. The van der Waals surface area contributed by atoms with Gasteiger partial charge in [-0.2, -0.15) is 0 Å². The maximum atomic E-state index is 5.83.